The molecule has 1 aromatic carbocycles. The summed E-state index contributed by atoms with van der Waals surface area (Å²) >= 11 is 0. The quantitative estimate of drug-likeness (QED) is 0.854. The van der Waals surface area contributed by atoms with Gasteiger partial charge in [-0.1, -0.05) is 0 Å². The average Bonchev–Trinajstić information content (AvgIpc) is 2.81. The Morgan fingerprint density at radius 3 is 2.57 bits per heavy atom. The van der Waals surface area contributed by atoms with E-state index < -0.39 is 0 Å². The smallest absolute Gasteiger partial charge is 0.253 e. The van der Waals surface area contributed by atoms with Crippen molar-refractivity contribution in [2.24, 2.45) is 0 Å². The van der Waals surface area contributed by atoms with E-state index in [4.69, 9.17) is 0 Å². The Hall–Kier alpha value is -2.30. The summed E-state index contributed by atoms with van der Waals surface area (Å²) < 4.78 is 0. The molecule has 2 heterocycles. The SMILES string of the molecule is Cc1[nH]c2ccc(C(=O)N3CCN(C=O)CC3)cc2c1C. The number of amides is 2. The zero-order valence-electron chi connectivity index (χ0n) is 12.3. The number of aryl methyl sites for hydroxylation is 2. The van der Waals surface area contributed by atoms with Crippen molar-refractivity contribution in [3.05, 3.63) is 35.0 Å². The van der Waals surface area contributed by atoms with Crippen molar-refractivity contribution in [2.75, 3.05) is 26.2 Å². The number of nitrogens with zero attached hydrogens (tertiary/aromatic N) is 2. The summed E-state index contributed by atoms with van der Waals surface area (Å²) in [7, 11) is 0. The van der Waals surface area contributed by atoms with Crippen molar-refractivity contribution >= 4 is 23.2 Å². The van der Waals surface area contributed by atoms with E-state index in [0.29, 0.717) is 31.7 Å². The normalized spacial score (nSPS) is 15.5. The van der Waals surface area contributed by atoms with E-state index in [1.807, 2.05) is 30.0 Å². The first kappa shape index (κ1) is 13.7. The van der Waals surface area contributed by atoms with Crippen LogP contribution in [0.4, 0.5) is 0 Å². The fourth-order valence-electron chi connectivity index (χ4n) is 2.81. The molecule has 21 heavy (non-hydrogen) atoms. The number of carbonyl (C=O) groups is 2. The number of aromatic amines is 1. The van der Waals surface area contributed by atoms with E-state index in [2.05, 4.69) is 11.9 Å². The molecule has 1 aliphatic heterocycles. The maximum Gasteiger partial charge on any atom is 0.253 e. The Morgan fingerprint density at radius 2 is 1.90 bits per heavy atom. The number of aromatic nitrogens is 1. The zero-order chi connectivity index (χ0) is 15.0. The van der Waals surface area contributed by atoms with Crippen molar-refractivity contribution < 1.29 is 9.59 Å². The van der Waals surface area contributed by atoms with E-state index in [-0.39, 0.29) is 5.91 Å². The predicted molar refractivity (Wildman–Crippen MR) is 81.3 cm³/mol. The van der Waals surface area contributed by atoms with Gasteiger partial charge < -0.3 is 14.8 Å². The van der Waals surface area contributed by atoms with Gasteiger partial charge >= 0.3 is 0 Å². The minimum Gasteiger partial charge on any atom is -0.358 e. The number of rotatable bonds is 2. The number of benzene rings is 1. The number of nitrogens with one attached hydrogen (secondary N) is 1. The number of carbonyl (C=O) groups excluding carboxylic acids is 2. The summed E-state index contributed by atoms with van der Waals surface area (Å²) in [6.45, 7) is 6.52. The first-order chi connectivity index (χ1) is 10.1. The second kappa shape index (κ2) is 5.24. The molecule has 1 aromatic heterocycles. The molecule has 0 bridgehead atoms. The molecular weight excluding hydrogens is 266 g/mol. The predicted octanol–water partition coefficient (Wildman–Crippen LogP) is 1.70. The molecule has 0 saturated carbocycles. The summed E-state index contributed by atoms with van der Waals surface area (Å²) in [5, 5.41) is 1.10. The number of H-pyrrole nitrogens is 1. The third-order valence-electron chi connectivity index (χ3n) is 4.31. The van der Waals surface area contributed by atoms with Crippen LogP contribution < -0.4 is 0 Å². The van der Waals surface area contributed by atoms with Gasteiger partial charge in [0.1, 0.15) is 0 Å². The Kier molecular flexibility index (Phi) is 3.41. The molecule has 0 radical (unpaired) electrons. The van der Waals surface area contributed by atoms with Crippen molar-refractivity contribution in [3.8, 4) is 0 Å². The second-order valence-corrected chi connectivity index (χ2v) is 5.57. The van der Waals surface area contributed by atoms with Crippen LogP contribution in [0.1, 0.15) is 21.6 Å². The number of hydrogen-bond acceptors (Lipinski definition) is 2. The van der Waals surface area contributed by atoms with Gasteiger partial charge in [0, 0.05) is 48.3 Å². The van der Waals surface area contributed by atoms with Crippen molar-refractivity contribution in [1.29, 1.82) is 0 Å². The molecule has 3 rings (SSSR count). The van der Waals surface area contributed by atoms with Gasteiger partial charge in [0.2, 0.25) is 6.41 Å². The van der Waals surface area contributed by atoms with E-state index in [1.54, 1.807) is 4.90 Å². The Labute approximate surface area is 123 Å². The molecule has 0 atom stereocenters. The standard InChI is InChI=1S/C16H19N3O2/c1-11-12(2)17-15-4-3-13(9-14(11)15)16(21)19-7-5-18(10-20)6-8-19/h3-4,9-10,17H,5-8H2,1-2H3. The maximum atomic E-state index is 12.6. The van der Waals surface area contributed by atoms with Crippen LogP contribution in [0.3, 0.4) is 0 Å². The minimum atomic E-state index is 0.0423. The lowest BCUT2D eigenvalue weighted by Crippen LogP contribution is -2.48. The second-order valence-electron chi connectivity index (χ2n) is 5.57. The summed E-state index contributed by atoms with van der Waals surface area (Å²) in [5.41, 5.74) is 4.09. The highest BCUT2D eigenvalue weighted by atomic mass is 16.2. The molecule has 1 saturated heterocycles. The highest BCUT2D eigenvalue weighted by Crippen LogP contribution is 2.23. The Morgan fingerprint density at radius 1 is 1.19 bits per heavy atom. The highest BCUT2D eigenvalue weighted by Gasteiger charge is 2.21. The summed E-state index contributed by atoms with van der Waals surface area (Å²) in [5.74, 6) is 0.0423. The molecule has 2 aromatic rings. The van der Waals surface area contributed by atoms with Gasteiger partial charge in [0.15, 0.2) is 0 Å². The van der Waals surface area contributed by atoms with Gasteiger partial charge in [-0.2, -0.15) is 0 Å². The van der Waals surface area contributed by atoms with Crippen LogP contribution in [0, 0.1) is 13.8 Å². The molecule has 2 amide bonds. The van der Waals surface area contributed by atoms with Gasteiger partial charge in [-0.05, 0) is 37.6 Å². The summed E-state index contributed by atoms with van der Waals surface area (Å²) in [4.78, 5) is 30.1. The fourth-order valence-corrected chi connectivity index (χ4v) is 2.81. The minimum absolute atomic E-state index is 0.0423. The first-order valence-corrected chi connectivity index (χ1v) is 7.17. The Bertz CT molecular complexity index is 697. The molecule has 1 aliphatic rings. The molecular formula is C16H19N3O2. The molecule has 1 N–H and O–H groups in total. The van der Waals surface area contributed by atoms with E-state index >= 15 is 0 Å². The number of hydrogen-bond donors (Lipinski definition) is 1. The monoisotopic (exact) mass is 285 g/mol. The molecule has 0 spiro atoms. The first-order valence-electron chi connectivity index (χ1n) is 7.17. The van der Waals surface area contributed by atoms with Gasteiger partial charge in [0.05, 0.1) is 0 Å². The highest BCUT2D eigenvalue weighted by molar-refractivity contribution is 5.99. The lowest BCUT2D eigenvalue weighted by Gasteiger charge is -2.32. The lowest BCUT2D eigenvalue weighted by molar-refractivity contribution is -0.119. The molecule has 0 unspecified atom stereocenters. The fraction of sp³-hybridized carbons (Fsp3) is 0.375. The Balaban J connectivity index is 1.85. The van der Waals surface area contributed by atoms with Crippen molar-refractivity contribution in [3.63, 3.8) is 0 Å². The number of piperazine rings is 1. The topological polar surface area (TPSA) is 56.4 Å². The van der Waals surface area contributed by atoms with Crippen LogP contribution in [0.5, 0.6) is 0 Å². The largest absolute Gasteiger partial charge is 0.358 e. The number of fused-ring (bicyclic) bond motifs is 1. The maximum absolute atomic E-state index is 12.6. The van der Waals surface area contributed by atoms with Crippen molar-refractivity contribution in [1.82, 2.24) is 14.8 Å². The molecule has 1 fully saturated rings. The summed E-state index contributed by atoms with van der Waals surface area (Å²) in [6, 6.07) is 5.79. The van der Waals surface area contributed by atoms with Crippen LogP contribution in [0.2, 0.25) is 0 Å². The molecule has 5 nitrogen and oxygen atoms in total. The van der Waals surface area contributed by atoms with Crippen LogP contribution in [0.15, 0.2) is 18.2 Å². The van der Waals surface area contributed by atoms with E-state index in [9.17, 15) is 9.59 Å². The van der Waals surface area contributed by atoms with Crippen LogP contribution in [-0.4, -0.2) is 53.3 Å². The lowest BCUT2D eigenvalue weighted by atomic mass is 10.1. The summed E-state index contributed by atoms with van der Waals surface area (Å²) in [6.07, 6.45) is 0.847. The molecule has 0 aliphatic carbocycles. The van der Waals surface area contributed by atoms with E-state index in [1.165, 1.54) is 5.56 Å². The third-order valence-corrected chi connectivity index (χ3v) is 4.31. The van der Waals surface area contributed by atoms with E-state index in [0.717, 1.165) is 23.0 Å². The van der Waals surface area contributed by atoms with Gasteiger partial charge in [-0.3, -0.25) is 9.59 Å². The average molecular weight is 285 g/mol. The van der Waals surface area contributed by atoms with Gasteiger partial charge in [-0.15, -0.1) is 0 Å². The third kappa shape index (κ3) is 2.39. The van der Waals surface area contributed by atoms with Gasteiger partial charge in [0.25, 0.3) is 5.91 Å². The van der Waals surface area contributed by atoms with Crippen LogP contribution >= 0.6 is 0 Å². The van der Waals surface area contributed by atoms with Gasteiger partial charge in [-0.25, -0.2) is 0 Å². The van der Waals surface area contributed by atoms with Crippen LogP contribution in [-0.2, 0) is 4.79 Å². The van der Waals surface area contributed by atoms with Crippen LogP contribution in [0.25, 0.3) is 10.9 Å². The zero-order valence-corrected chi connectivity index (χ0v) is 12.3. The molecule has 5 heteroatoms. The van der Waals surface area contributed by atoms with Crippen molar-refractivity contribution in [2.45, 2.75) is 13.8 Å². The molecule has 110 valence electrons.